The van der Waals surface area contributed by atoms with E-state index in [9.17, 15) is 9.18 Å². The summed E-state index contributed by atoms with van der Waals surface area (Å²) < 4.78 is 24.3. The fourth-order valence-corrected chi connectivity index (χ4v) is 3.49. The van der Waals surface area contributed by atoms with Gasteiger partial charge in [-0.15, -0.1) is 0 Å². The molecule has 1 aromatic heterocycles. The maximum absolute atomic E-state index is 14.0. The fourth-order valence-electron chi connectivity index (χ4n) is 3.49. The number of carbonyl (C=O) groups excluding carboxylic acids is 1. The molecule has 1 aliphatic rings. The van der Waals surface area contributed by atoms with E-state index in [1.54, 1.807) is 11.0 Å². The molecule has 2 aromatic carbocycles. The number of halogens is 1. The third kappa shape index (κ3) is 3.47. The zero-order valence-corrected chi connectivity index (χ0v) is 15.7. The number of aryl methyl sites for hydroxylation is 1. The molecule has 0 spiro atoms. The van der Waals surface area contributed by atoms with Crippen LogP contribution in [0.25, 0.3) is 11.4 Å². The highest BCUT2D eigenvalue weighted by Gasteiger charge is 2.36. The van der Waals surface area contributed by atoms with E-state index in [1.165, 1.54) is 19.2 Å². The molecule has 1 atom stereocenters. The highest BCUT2D eigenvalue weighted by molar-refractivity contribution is 5.78. The van der Waals surface area contributed by atoms with Crippen molar-refractivity contribution in [1.82, 2.24) is 15.0 Å². The van der Waals surface area contributed by atoms with Crippen molar-refractivity contribution < 1.29 is 18.4 Å². The van der Waals surface area contributed by atoms with Gasteiger partial charge in [0.25, 0.3) is 0 Å². The molecule has 3 aromatic rings. The van der Waals surface area contributed by atoms with Gasteiger partial charge in [0, 0.05) is 18.5 Å². The molecular weight excluding hydrogens is 361 g/mol. The Balaban J connectivity index is 1.58. The molecule has 1 aliphatic heterocycles. The second-order valence-corrected chi connectivity index (χ2v) is 6.87. The van der Waals surface area contributed by atoms with Crippen molar-refractivity contribution in [2.75, 3.05) is 7.11 Å². The summed E-state index contributed by atoms with van der Waals surface area (Å²) in [4.78, 5) is 18.6. The number of nitrogens with zero attached hydrogens (tertiary/aromatic N) is 3. The molecule has 1 unspecified atom stereocenters. The average molecular weight is 381 g/mol. The van der Waals surface area contributed by atoms with Crippen LogP contribution < -0.4 is 4.74 Å². The van der Waals surface area contributed by atoms with Gasteiger partial charge in [-0.05, 0) is 37.1 Å². The standard InChI is InChI=1S/C21H20FN3O3/c1-13-4-3-5-14(10-13)12-25-17(7-9-19(25)26)21-23-20(24-28-21)15-6-8-18(27-2)16(22)11-15/h3-6,8,10-11,17H,7,9,12H2,1-2H3. The lowest BCUT2D eigenvalue weighted by Gasteiger charge is -2.22. The van der Waals surface area contributed by atoms with Gasteiger partial charge in [-0.25, -0.2) is 4.39 Å². The smallest absolute Gasteiger partial charge is 0.249 e. The number of hydrogen-bond acceptors (Lipinski definition) is 5. The van der Waals surface area contributed by atoms with Crippen LogP contribution in [0.15, 0.2) is 47.0 Å². The monoisotopic (exact) mass is 381 g/mol. The molecule has 1 saturated heterocycles. The molecule has 1 amide bonds. The van der Waals surface area contributed by atoms with E-state index in [-0.39, 0.29) is 23.5 Å². The first-order valence-electron chi connectivity index (χ1n) is 9.07. The molecule has 2 heterocycles. The molecule has 6 nitrogen and oxygen atoms in total. The van der Waals surface area contributed by atoms with E-state index < -0.39 is 5.82 Å². The van der Waals surface area contributed by atoms with Gasteiger partial charge in [0.2, 0.25) is 17.6 Å². The number of likely N-dealkylation sites (tertiary alicyclic amines) is 1. The van der Waals surface area contributed by atoms with Crippen molar-refractivity contribution in [3.05, 3.63) is 65.3 Å². The van der Waals surface area contributed by atoms with E-state index in [4.69, 9.17) is 9.26 Å². The first kappa shape index (κ1) is 18.2. The minimum absolute atomic E-state index is 0.0572. The lowest BCUT2D eigenvalue weighted by atomic mass is 10.1. The van der Waals surface area contributed by atoms with Gasteiger partial charge in [-0.3, -0.25) is 4.79 Å². The normalized spacial score (nSPS) is 16.6. The minimum atomic E-state index is -0.497. The molecule has 0 saturated carbocycles. The van der Waals surface area contributed by atoms with E-state index in [1.807, 2.05) is 25.1 Å². The van der Waals surface area contributed by atoms with Gasteiger partial charge in [-0.1, -0.05) is 35.0 Å². The van der Waals surface area contributed by atoms with Crippen molar-refractivity contribution in [2.45, 2.75) is 32.4 Å². The van der Waals surface area contributed by atoms with Gasteiger partial charge in [0.05, 0.1) is 7.11 Å². The Labute approximate surface area is 161 Å². The molecule has 7 heteroatoms. The van der Waals surface area contributed by atoms with Gasteiger partial charge in [0.1, 0.15) is 6.04 Å². The lowest BCUT2D eigenvalue weighted by Crippen LogP contribution is -2.27. The van der Waals surface area contributed by atoms with Crippen molar-refractivity contribution in [3.8, 4) is 17.1 Å². The fraction of sp³-hybridized carbons (Fsp3) is 0.286. The Morgan fingerprint density at radius 2 is 2.14 bits per heavy atom. The number of ether oxygens (including phenoxy) is 1. The number of carbonyl (C=O) groups is 1. The van der Waals surface area contributed by atoms with Crippen molar-refractivity contribution in [3.63, 3.8) is 0 Å². The Morgan fingerprint density at radius 1 is 1.29 bits per heavy atom. The molecule has 4 rings (SSSR count). The Hall–Kier alpha value is -3.22. The Kier molecular flexibility index (Phi) is 4.81. The maximum Gasteiger partial charge on any atom is 0.249 e. The first-order valence-corrected chi connectivity index (χ1v) is 9.07. The number of methoxy groups -OCH3 is 1. The Morgan fingerprint density at radius 3 is 2.89 bits per heavy atom. The van der Waals surface area contributed by atoms with Crippen LogP contribution in [0.3, 0.4) is 0 Å². The molecule has 0 bridgehead atoms. The van der Waals surface area contributed by atoms with Crippen LogP contribution in [0.4, 0.5) is 4.39 Å². The van der Waals surface area contributed by atoms with E-state index >= 15 is 0 Å². The lowest BCUT2D eigenvalue weighted by molar-refractivity contribution is -0.130. The molecular formula is C21H20FN3O3. The summed E-state index contributed by atoms with van der Waals surface area (Å²) in [6, 6.07) is 12.3. The second kappa shape index (κ2) is 7.42. The predicted octanol–water partition coefficient (Wildman–Crippen LogP) is 4.06. The summed E-state index contributed by atoms with van der Waals surface area (Å²) in [6.45, 7) is 2.51. The molecule has 144 valence electrons. The van der Waals surface area contributed by atoms with E-state index in [0.29, 0.717) is 30.8 Å². The first-order chi connectivity index (χ1) is 13.5. The van der Waals surface area contributed by atoms with Crippen molar-refractivity contribution in [2.24, 2.45) is 0 Å². The highest BCUT2D eigenvalue weighted by Crippen LogP contribution is 2.34. The third-order valence-corrected chi connectivity index (χ3v) is 4.90. The summed E-state index contributed by atoms with van der Waals surface area (Å²) in [5.74, 6) is 0.361. The quantitative estimate of drug-likeness (QED) is 0.667. The number of amides is 1. The van der Waals surface area contributed by atoms with Gasteiger partial charge >= 0.3 is 0 Å². The van der Waals surface area contributed by atoms with Crippen LogP contribution in [0.1, 0.15) is 35.9 Å². The number of aromatic nitrogens is 2. The number of rotatable bonds is 5. The van der Waals surface area contributed by atoms with Crippen LogP contribution in [0.2, 0.25) is 0 Å². The predicted molar refractivity (Wildman–Crippen MR) is 99.9 cm³/mol. The molecule has 0 N–H and O–H groups in total. The molecule has 1 fully saturated rings. The highest BCUT2D eigenvalue weighted by atomic mass is 19.1. The molecule has 0 radical (unpaired) electrons. The van der Waals surface area contributed by atoms with Gasteiger partial charge in [-0.2, -0.15) is 4.98 Å². The van der Waals surface area contributed by atoms with Crippen molar-refractivity contribution >= 4 is 5.91 Å². The summed E-state index contributed by atoms with van der Waals surface area (Å²) in [7, 11) is 1.41. The van der Waals surface area contributed by atoms with Crippen LogP contribution >= 0.6 is 0 Å². The van der Waals surface area contributed by atoms with Crippen LogP contribution in [0.5, 0.6) is 5.75 Å². The zero-order valence-electron chi connectivity index (χ0n) is 15.7. The summed E-state index contributed by atoms with van der Waals surface area (Å²) >= 11 is 0. The SMILES string of the molecule is COc1ccc(-c2noc(C3CCC(=O)N3Cc3cccc(C)c3)n2)cc1F. The zero-order chi connectivity index (χ0) is 19.7. The summed E-state index contributed by atoms with van der Waals surface area (Å²) in [5, 5.41) is 3.98. The van der Waals surface area contributed by atoms with Crippen LogP contribution in [-0.4, -0.2) is 28.1 Å². The van der Waals surface area contributed by atoms with Gasteiger partial charge < -0.3 is 14.2 Å². The van der Waals surface area contributed by atoms with Crippen LogP contribution in [-0.2, 0) is 11.3 Å². The van der Waals surface area contributed by atoms with Gasteiger partial charge in [0.15, 0.2) is 11.6 Å². The third-order valence-electron chi connectivity index (χ3n) is 4.90. The van der Waals surface area contributed by atoms with E-state index in [2.05, 4.69) is 16.2 Å². The average Bonchev–Trinajstić information content (AvgIpc) is 3.29. The molecule has 0 aliphatic carbocycles. The summed E-state index contributed by atoms with van der Waals surface area (Å²) in [5.41, 5.74) is 2.68. The largest absolute Gasteiger partial charge is 0.494 e. The summed E-state index contributed by atoms with van der Waals surface area (Å²) in [6.07, 6.45) is 1.05. The molecule has 28 heavy (non-hydrogen) atoms. The second-order valence-electron chi connectivity index (χ2n) is 6.87. The topological polar surface area (TPSA) is 68.5 Å². The number of benzene rings is 2. The Bertz CT molecular complexity index is 1020. The maximum atomic E-state index is 14.0. The van der Waals surface area contributed by atoms with Crippen molar-refractivity contribution in [1.29, 1.82) is 0 Å². The number of hydrogen-bond donors (Lipinski definition) is 0. The minimum Gasteiger partial charge on any atom is -0.494 e. The van der Waals surface area contributed by atoms with E-state index in [0.717, 1.165) is 11.1 Å². The van der Waals surface area contributed by atoms with Crippen LogP contribution in [0, 0.1) is 12.7 Å².